The zero-order chi connectivity index (χ0) is 13.6. The minimum absolute atomic E-state index is 0.531. The molecule has 0 unspecified atom stereocenters. The Morgan fingerprint density at radius 2 is 1.84 bits per heavy atom. The van der Waals surface area contributed by atoms with Gasteiger partial charge >= 0.3 is 0 Å². The van der Waals surface area contributed by atoms with Gasteiger partial charge in [0.1, 0.15) is 5.15 Å². The number of aryl methyl sites for hydroxylation is 3. The Morgan fingerprint density at radius 1 is 1.05 bits per heavy atom. The SMILES string of the molecule is Cc1cc(C)c2c(Cl)nc(-c3ccc(C)s3)nc2c1. The van der Waals surface area contributed by atoms with Gasteiger partial charge in [0.25, 0.3) is 0 Å². The average Bonchev–Trinajstić information content (AvgIpc) is 2.74. The van der Waals surface area contributed by atoms with E-state index in [0.29, 0.717) is 11.0 Å². The summed E-state index contributed by atoms with van der Waals surface area (Å²) in [6, 6.07) is 8.27. The Labute approximate surface area is 121 Å². The number of nitrogens with zero attached hydrogens (tertiary/aromatic N) is 2. The number of hydrogen-bond acceptors (Lipinski definition) is 3. The van der Waals surface area contributed by atoms with Gasteiger partial charge in [-0.25, -0.2) is 9.97 Å². The minimum Gasteiger partial charge on any atom is -0.227 e. The van der Waals surface area contributed by atoms with E-state index in [4.69, 9.17) is 11.6 Å². The van der Waals surface area contributed by atoms with Gasteiger partial charge in [-0.1, -0.05) is 17.7 Å². The molecule has 3 aromatic rings. The van der Waals surface area contributed by atoms with Crippen molar-refractivity contribution in [3.05, 3.63) is 45.4 Å². The van der Waals surface area contributed by atoms with E-state index in [-0.39, 0.29) is 0 Å². The van der Waals surface area contributed by atoms with E-state index in [1.807, 2.05) is 13.0 Å². The highest BCUT2D eigenvalue weighted by molar-refractivity contribution is 7.15. The molecule has 0 N–H and O–H groups in total. The fourth-order valence-corrected chi connectivity index (χ4v) is 3.38. The van der Waals surface area contributed by atoms with Gasteiger partial charge < -0.3 is 0 Å². The Kier molecular flexibility index (Phi) is 3.03. The molecule has 1 aromatic carbocycles. The molecule has 2 nitrogen and oxygen atoms in total. The van der Waals surface area contributed by atoms with Crippen molar-refractivity contribution in [2.75, 3.05) is 0 Å². The molecule has 0 saturated heterocycles. The summed E-state index contributed by atoms with van der Waals surface area (Å²) in [5.41, 5.74) is 3.22. The Morgan fingerprint density at radius 3 is 2.53 bits per heavy atom. The van der Waals surface area contributed by atoms with E-state index in [0.717, 1.165) is 21.3 Å². The molecule has 0 aliphatic heterocycles. The third kappa shape index (κ3) is 2.24. The number of aromatic nitrogens is 2. The third-order valence-corrected chi connectivity index (χ3v) is 4.33. The molecule has 0 amide bonds. The van der Waals surface area contributed by atoms with E-state index < -0.39 is 0 Å². The summed E-state index contributed by atoms with van der Waals surface area (Å²) in [6.45, 7) is 6.18. The number of hydrogen-bond donors (Lipinski definition) is 0. The zero-order valence-electron chi connectivity index (χ0n) is 11.0. The van der Waals surface area contributed by atoms with Crippen LogP contribution in [0.2, 0.25) is 5.15 Å². The largest absolute Gasteiger partial charge is 0.227 e. The van der Waals surface area contributed by atoms with Crippen molar-refractivity contribution >= 4 is 33.8 Å². The fraction of sp³-hybridized carbons (Fsp3) is 0.200. The molecule has 19 heavy (non-hydrogen) atoms. The lowest BCUT2D eigenvalue weighted by Gasteiger charge is -2.07. The molecule has 0 atom stereocenters. The number of fused-ring (bicyclic) bond motifs is 1. The summed E-state index contributed by atoms with van der Waals surface area (Å²) < 4.78 is 0. The van der Waals surface area contributed by atoms with Gasteiger partial charge in [0.15, 0.2) is 5.82 Å². The van der Waals surface area contributed by atoms with E-state index in [2.05, 4.69) is 42.0 Å². The summed E-state index contributed by atoms with van der Waals surface area (Å²) in [4.78, 5) is 11.4. The van der Waals surface area contributed by atoms with Crippen molar-refractivity contribution in [1.82, 2.24) is 9.97 Å². The van der Waals surface area contributed by atoms with Crippen LogP contribution in [0.15, 0.2) is 24.3 Å². The molecule has 0 aliphatic carbocycles. The lowest BCUT2D eigenvalue weighted by molar-refractivity contribution is 1.23. The fourth-order valence-electron chi connectivity index (χ4n) is 2.25. The second-order valence-corrected chi connectivity index (χ2v) is 6.37. The zero-order valence-corrected chi connectivity index (χ0v) is 12.6. The van der Waals surface area contributed by atoms with Gasteiger partial charge in [0.2, 0.25) is 0 Å². The molecular weight excluding hydrogens is 276 g/mol. The Hall–Kier alpha value is -1.45. The Balaban J connectivity index is 2.30. The van der Waals surface area contributed by atoms with Crippen LogP contribution < -0.4 is 0 Å². The Bertz CT molecular complexity index is 777. The maximum absolute atomic E-state index is 6.33. The van der Waals surface area contributed by atoms with Crippen LogP contribution in [-0.2, 0) is 0 Å². The van der Waals surface area contributed by atoms with Gasteiger partial charge in [-0.2, -0.15) is 0 Å². The van der Waals surface area contributed by atoms with E-state index in [9.17, 15) is 0 Å². The summed E-state index contributed by atoms with van der Waals surface area (Å²) in [7, 11) is 0. The van der Waals surface area contributed by atoms with Gasteiger partial charge in [-0.05, 0) is 50.1 Å². The van der Waals surface area contributed by atoms with Crippen LogP contribution in [0.5, 0.6) is 0 Å². The molecule has 2 heterocycles. The lowest BCUT2D eigenvalue weighted by atomic mass is 10.1. The predicted molar refractivity (Wildman–Crippen MR) is 82.1 cm³/mol. The normalized spacial score (nSPS) is 11.2. The molecule has 0 fully saturated rings. The first kappa shape index (κ1) is 12.6. The molecule has 0 bridgehead atoms. The van der Waals surface area contributed by atoms with Crippen molar-refractivity contribution in [1.29, 1.82) is 0 Å². The smallest absolute Gasteiger partial charge is 0.171 e. The highest BCUT2D eigenvalue weighted by Crippen LogP contribution is 2.31. The van der Waals surface area contributed by atoms with Crippen molar-refractivity contribution in [2.24, 2.45) is 0 Å². The summed E-state index contributed by atoms with van der Waals surface area (Å²) in [6.07, 6.45) is 0. The van der Waals surface area contributed by atoms with Crippen LogP contribution in [0.25, 0.3) is 21.6 Å². The van der Waals surface area contributed by atoms with Gasteiger partial charge in [0, 0.05) is 10.3 Å². The maximum atomic E-state index is 6.33. The van der Waals surface area contributed by atoms with Crippen LogP contribution in [-0.4, -0.2) is 9.97 Å². The van der Waals surface area contributed by atoms with Crippen LogP contribution in [0.1, 0.15) is 16.0 Å². The molecule has 0 spiro atoms. The topological polar surface area (TPSA) is 25.8 Å². The quantitative estimate of drug-likeness (QED) is 0.593. The van der Waals surface area contributed by atoms with Crippen molar-refractivity contribution in [3.63, 3.8) is 0 Å². The van der Waals surface area contributed by atoms with Crippen LogP contribution in [0, 0.1) is 20.8 Å². The molecule has 0 saturated carbocycles. The van der Waals surface area contributed by atoms with Gasteiger partial charge in [-0.15, -0.1) is 11.3 Å². The molecule has 4 heteroatoms. The van der Waals surface area contributed by atoms with E-state index in [1.165, 1.54) is 10.4 Å². The highest BCUT2D eigenvalue weighted by Gasteiger charge is 2.11. The molecule has 96 valence electrons. The number of benzene rings is 1. The summed E-state index contributed by atoms with van der Waals surface area (Å²) in [5.74, 6) is 0.709. The number of halogens is 1. The first-order chi connectivity index (χ1) is 9.04. The highest BCUT2D eigenvalue weighted by atomic mass is 35.5. The van der Waals surface area contributed by atoms with Crippen LogP contribution in [0.4, 0.5) is 0 Å². The monoisotopic (exact) mass is 288 g/mol. The second kappa shape index (κ2) is 4.58. The van der Waals surface area contributed by atoms with Gasteiger partial charge in [0.05, 0.1) is 10.4 Å². The molecule has 0 radical (unpaired) electrons. The first-order valence-corrected chi connectivity index (χ1v) is 7.25. The maximum Gasteiger partial charge on any atom is 0.171 e. The number of thiophene rings is 1. The first-order valence-electron chi connectivity index (χ1n) is 6.06. The van der Waals surface area contributed by atoms with Crippen molar-refractivity contribution in [2.45, 2.75) is 20.8 Å². The van der Waals surface area contributed by atoms with E-state index >= 15 is 0 Å². The second-order valence-electron chi connectivity index (χ2n) is 4.72. The molecule has 3 rings (SSSR count). The molecule has 2 aromatic heterocycles. The summed E-state index contributed by atoms with van der Waals surface area (Å²) >= 11 is 8.01. The lowest BCUT2D eigenvalue weighted by Crippen LogP contribution is -1.93. The molecular formula is C15H13ClN2S. The van der Waals surface area contributed by atoms with Crippen molar-refractivity contribution in [3.8, 4) is 10.7 Å². The summed E-state index contributed by atoms with van der Waals surface area (Å²) in [5, 5.41) is 1.48. The molecule has 0 aliphatic rings. The minimum atomic E-state index is 0.531. The van der Waals surface area contributed by atoms with Gasteiger partial charge in [-0.3, -0.25) is 0 Å². The predicted octanol–water partition coefficient (Wildman–Crippen LogP) is 4.94. The van der Waals surface area contributed by atoms with Crippen LogP contribution >= 0.6 is 22.9 Å². The average molecular weight is 289 g/mol. The van der Waals surface area contributed by atoms with Crippen molar-refractivity contribution < 1.29 is 0 Å². The number of rotatable bonds is 1. The van der Waals surface area contributed by atoms with Crippen LogP contribution in [0.3, 0.4) is 0 Å². The standard InChI is InChI=1S/C15H13ClN2S/c1-8-6-9(2)13-11(7-8)17-15(18-14(13)16)12-5-4-10(3)19-12/h4-7H,1-3H3. The van der Waals surface area contributed by atoms with E-state index in [1.54, 1.807) is 11.3 Å². The third-order valence-electron chi connectivity index (χ3n) is 3.06.